The minimum Gasteiger partial charge on any atom is -0.377 e. The van der Waals surface area contributed by atoms with E-state index in [1.165, 1.54) is 12.1 Å². The molecule has 0 fully saturated rings. The Balaban J connectivity index is 2.24. The van der Waals surface area contributed by atoms with E-state index in [4.69, 9.17) is 0 Å². The van der Waals surface area contributed by atoms with E-state index < -0.39 is 20.7 Å². The first-order chi connectivity index (χ1) is 10.9. The Morgan fingerprint density at radius 1 is 0.958 bits per heavy atom. The van der Waals surface area contributed by atoms with E-state index in [0.717, 1.165) is 6.26 Å². The second kappa shape index (κ2) is 6.05. The predicted molar refractivity (Wildman–Crippen MR) is 96.7 cm³/mol. The molecule has 0 saturated heterocycles. The van der Waals surface area contributed by atoms with E-state index in [1.807, 2.05) is 27.7 Å². The second-order valence-corrected chi connectivity index (χ2v) is 9.08. The summed E-state index contributed by atoms with van der Waals surface area (Å²) < 4.78 is 22.9. The Morgan fingerprint density at radius 3 is 1.92 bits per heavy atom. The Kier molecular flexibility index (Phi) is 4.59. The topological polar surface area (TPSA) is 92.3 Å². The Hall–Kier alpha value is -2.15. The van der Waals surface area contributed by atoms with Gasteiger partial charge in [-0.3, -0.25) is 9.59 Å². The lowest BCUT2D eigenvalue weighted by Gasteiger charge is -2.30. The summed E-state index contributed by atoms with van der Waals surface area (Å²) in [4.78, 5) is 23.8. The molecule has 6 nitrogen and oxygen atoms in total. The number of sulfone groups is 1. The Morgan fingerprint density at radius 2 is 1.46 bits per heavy atom. The van der Waals surface area contributed by atoms with Crippen molar-refractivity contribution in [3.63, 3.8) is 0 Å². The van der Waals surface area contributed by atoms with Gasteiger partial charge in [-0.15, -0.1) is 0 Å². The molecule has 130 valence electrons. The highest BCUT2D eigenvalue weighted by Gasteiger charge is 2.26. The number of anilines is 3. The Bertz CT molecular complexity index is 915. The van der Waals surface area contributed by atoms with Gasteiger partial charge < -0.3 is 10.6 Å². The van der Waals surface area contributed by atoms with Crippen LogP contribution in [0.4, 0.5) is 17.1 Å². The quantitative estimate of drug-likeness (QED) is 0.804. The van der Waals surface area contributed by atoms with Gasteiger partial charge >= 0.3 is 0 Å². The van der Waals surface area contributed by atoms with Crippen LogP contribution in [-0.4, -0.2) is 20.7 Å². The average molecular weight is 350 g/mol. The Labute approximate surface area is 141 Å². The van der Waals surface area contributed by atoms with Crippen molar-refractivity contribution in [3.05, 3.63) is 44.7 Å². The zero-order valence-electron chi connectivity index (χ0n) is 14.4. The lowest BCUT2D eigenvalue weighted by atomic mass is 9.87. The molecule has 0 spiro atoms. The maximum Gasteiger partial charge on any atom is 0.253 e. The molecule has 0 saturated carbocycles. The van der Waals surface area contributed by atoms with Crippen molar-refractivity contribution in [1.82, 2.24) is 0 Å². The standard InChI is InChI=1S/C17H22N2O4S/c1-10(17(2,3)4)18-13-14(16(21)15(13)20)19-11-6-8-12(9-7-11)24(5,22)23/h6-10,18-19H,1-5H3. The monoisotopic (exact) mass is 350 g/mol. The van der Waals surface area contributed by atoms with E-state index in [1.54, 1.807) is 12.1 Å². The maximum atomic E-state index is 11.8. The normalized spacial score (nSPS) is 13.7. The van der Waals surface area contributed by atoms with E-state index in [0.29, 0.717) is 5.69 Å². The minimum atomic E-state index is -3.28. The van der Waals surface area contributed by atoms with Crippen molar-refractivity contribution < 1.29 is 8.42 Å². The molecule has 2 rings (SSSR count). The van der Waals surface area contributed by atoms with Gasteiger partial charge in [0.2, 0.25) is 0 Å². The molecular formula is C17H22N2O4S. The number of hydrogen-bond donors (Lipinski definition) is 2. The third-order valence-corrected chi connectivity index (χ3v) is 5.25. The van der Waals surface area contributed by atoms with Crippen molar-refractivity contribution in [1.29, 1.82) is 0 Å². The predicted octanol–water partition coefficient (Wildman–Crippen LogP) is 2.28. The first kappa shape index (κ1) is 18.2. The molecule has 0 aliphatic heterocycles. The molecule has 0 amide bonds. The third kappa shape index (κ3) is 3.67. The fourth-order valence-corrected chi connectivity index (χ4v) is 2.64. The van der Waals surface area contributed by atoms with Crippen LogP contribution in [0.1, 0.15) is 27.7 Å². The van der Waals surface area contributed by atoms with Gasteiger partial charge in [-0.2, -0.15) is 0 Å². The van der Waals surface area contributed by atoms with Crippen LogP contribution >= 0.6 is 0 Å². The zero-order chi connectivity index (χ0) is 18.3. The molecule has 2 aromatic rings. The summed E-state index contributed by atoms with van der Waals surface area (Å²) >= 11 is 0. The van der Waals surface area contributed by atoms with Crippen LogP contribution in [0.5, 0.6) is 0 Å². The molecule has 0 bridgehead atoms. The molecule has 0 aliphatic carbocycles. The molecule has 2 aromatic carbocycles. The molecule has 1 atom stereocenters. The van der Waals surface area contributed by atoms with Crippen LogP contribution in [0, 0.1) is 5.41 Å². The molecule has 1 unspecified atom stereocenters. The fourth-order valence-electron chi connectivity index (χ4n) is 2.01. The van der Waals surface area contributed by atoms with Crippen molar-refractivity contribution in [3.8, 4) is 0 Å². The number of rotatable bonds is 5. The van der Waals surface area contributed by atoms with Crippen molar-refractivity contribution >= 4 is 26.9 Å². The molecule has 2 N–H and O–H groups in total. The fraction of sp³-hybridized carbons (Fsp3) is 0.412. The summed E-state index contributed by atoms with van der Waals surface area (Å²) in [7, 11) is -3.28. The number of benzene rings is 1. The van der Waals surface area contributed by atoms with Gasteiger partial charge in [0.05, 0.1) is 4.90 Å². The lowest BCUT2D eigenvalue weighted by Crippen LogP contribution is -2.41. The molecule has 24 heavy (non-hydrogen) atoms. The molecule has 0 aromatic heterocycles. The van der Waals surface area contributed by atoms with E-state index in [9.17, 15) is 18.0 Å². The number of hydrogen-bond acceptors (Lipinski definition) is 6. The van der Waals surface area contributed by atoms with Crippen molar-refractivity contribution in [2.75, 3.05) is 16.9 Å². The molecule has 7 heteroatoms. The summed E-state index contributed by atoms with van der Waals surface area (Å²) in [5, 5.41) is 5.99. The highest BCUT2D eigenvalue weighted by molar-refractivity contribution is 7.90. The van der Waals surface area contributed by atoms with Crippen molar-refractivity contribution in [2.24, 2.45) is 5.41 Å². The van der Waals surface area contributed by atoms with Crippen LogP contribution < -0.4 is 21.5 Å². The highest BCUT2D eigenvalue weighted by Crippen LogP contribution is 2.26. The van der Waals surface area contributed by atoms with Gasteiger partial charge in [0, 0.05) is 18.0 Å². The van der Waals surface area contributed by atoms with E-state index in [-0.39, 0.29) is 27.7 Å². The summed E-state index contributed by atoms with van der Waals surface area (Å²) in [6, 6.07) is 6.02. The van der Waals surface area contributed by atoms with Gasteiger partial charge in [0.15, 0.2) is 9.84 Å². The molecule has 0 aliphatic rings. The van der Waals surface area contributed by atoms with Crippen LogP contribution in [0.25, 0.3) is 0 Å². The van der Waals surface area contributed by atoms with Gasteiger partial charge in [0.25, 0.3) is 10.9 Å². The van der Waals surface area contributed by atoms with E-state index >= 15 is 0 Å². The van der Waals surface area contributed by atoms with Crippen LogP contribution in [0.2, 0.25) is 0 Å². The smallest absolute Gasteiger partial charge is 0.253 e. The summed E-state index contributed by atoms with van der Waals surface area (Å²) in [5.74, 6) is 0. The van der Waals surface area contributed by atoms with Gasteiger partial charge in [-0.1, -0.05) is 20.8 Å². The van der Waals surface area contributed by atoms with Crippen LogP contribution in [0.15, 0.2) is 38.8 Å². The minimum absolute atomic E-state index is 0.00559. The van der Waals surface area contributed by atoms with Gasteiger partial charge in [-0.05, 0) is 36.6 Å². The average Bonchev–Trinajstić information content (AvgIpc) is 2.48. The van der Waals surface area contributed by atoms with Gasteiger partial charge in [0.1, 0.15) is 11.4 Å². The third-order valence-electron chi connectivity index (χ3n) is 4.12. The SMILES string of the molecule is CC(Nc1c(Nc2ccc(S(C)(=O)=O)cc2)c(=O)c1=O)C(C)(C)C. The maximum absolute atomic E-state index is 11.8. The number of nitrogens with one attached hydrogen (secondary N) is 2. The molecule has 0 radical (unpaired) electrons. The van der Waals surface area contributed by atoms with Crippen molar-refractivity contribution in [2.45, 2.75) is 38.6 Å². The van der Waals surface area contributed by atoms with Crippen LogP contribution in [0.3, 0.4) is 0 Å². The summed E-state index contributed by atoms with van der Waals surface area (Å²) in [6.07, 6.45) is 1.13. The summed E-state index contributed by atoms with van der Waals surface area (Å²) in [5.41, 5.74) is -0.167. The van der Waals surface area contributed by atoms with E-state index in [2.05, 4.69) is 10.6 Å². The molecule has 0 heterocycles. The lowest BCUT2D eigenvalue weighted by molar-refractivity contribution is 0.359. The largest absolute Gasteiger partial charge is 0.377 e. The van der Waals surface area contributed by atoms with Crippen LogP contribution in [-0.2, 0) is 9.84 Å². The molecular weight excluding hydrogens is 328 g/mol. The highest BCUT2D eigenvalue weighted by atomic mass is 32.2. The van der Waals surface area contributed by atoms with Gasteiger partial charge in [-0.25, -0.2) is 8.42 Å². The zero-order valence-corrected chi connectivity index (χ0v) is 15.2. The summed E-state index contributed by atoms with van der Waals surface area (Å²) in [6.45, 7) is 8.05. The first-order valence-electron chi connectivity index (χ1n) is 7.58. The first-order valence-corrected chi connectivity index (χ1v) is 9.47. The second-order valence-electron chi connectivity index (χ2n) is 7.06.